The zero-order valence-electron chi connectivity index (χ0n) is 10.8. The van der Waals surface area contributed by atoms with E-state index in [1.54, 1.807) is 12.1 Å². The van der Waals surface area contributed by atoms with Crippen molar-refractivity contribution in [1.29, 1.82) is 0 Å². The number of nitro groups is 1. The van der Waals surface area contributed by atoms with E-state index >= 15 is 0 Å². The summed E-state index contributed by atoms with van der Waals surface area (Å²) >= 11 is 2.44. The Bertz CT molecular complexity index is 499. The molecule has 1 saturated heterocycles. The van der Waals surface area contributed by atoms with Crippen LogP contribution in [-0.4, -0.2) is 60.1 Å². The lowest BCUT2D eigenvalue weighted by molar-refractivity contribution is -0.384. The van der Waals surface area contributed by atoms with E-state index in [4.69, 9.17) is 0 Å². The monoisotopic (exact) mass is 333 g/mol. The van der Waals surface area contributed by atoms with Crippen LogP contribution in [0.15, 0.2) is 29.2 Å². The molecule has 0 bridgehead atoms. The highest BCUT2D eigenvalue weighted by molar-refractivity contribution is 8.17. The lowest BCUT2D eigenvalue weighted by Gasteiger charge is -2.25. The minimum Gasteiger partial charge on any atom is -0.389 e. The first-order valence-corrected chi connectivity index (χ1v) is 8.08. The van der Waals surface area contributed by atoms with E-state index < -0.39 is 33.9 Å². The first kappa shape index (κ1) is 16.5. The SMILES string of the molecule is O=[N+]([O-])c1ccc(S[C@H]2SC[C@@H](O)[C@@H](O)[C@H](O)[C@H]2O)cc1. The Labute approximate surface area is 129 Å². The average molecular weight is 333 g/mol. The number of non-ortho nitro benzene ring substituents is 1. The zero-order valence-corrected chi connectivity index (χ0v) is 12.4. The van der Waals surface area contributed by atoms with Crippen LogP contribution >= 0.6 is 23.5 Å². The molecule has 1 aromatic rings. The molecule has 0 aliphatic carbocycles. The first-order chi connectivity index (χ1) is 9.90. The van der Waals surface area contributed by atoms with Crippen LogP contribution < -0.4 is 0 Å². The summed E-state index contributed by atoms with van der Waals surface area (Å²) in [6, 6.07) is 5.83. The lowest BCUT2D eigenvalue weighted by atomic mass is 10.1. The van der Waals surface area contributed by atoms with Crippen LogP contribution in [0.4, 0.5) is 5.69 Å². The maximum absolute atomic E-state index is 10.6. The van der Waals surface area contributed by atoms with E-state index in [0.29, 0.717) is 4.90 Å². The summed E-state index contributed by atoms with van der Waals surface area (Å²) in [5, 5.41) is 49.6. The number of nitrogens with zero attached hydrogens (tertiary/aromatic N) is 1. The minimum atomic E-state index is -1.44. The number of nitro benzene ring substituents is 1. The highest BCUT2D eigenvalue weighted by Crippen LogP contribution is 2.38. The number of hydrogen-bond donors (Lipinski definition) is 4. The van der Waals surface area contributed by atoms with Crippen molar-refractivity contribution in [2.75, 3.05) is 5.75 Å². The van der Waals surface area contributed by atoms with E-state index in [1.165, 1.54) is 35.7 Å². The average Bonchev–Trinajstić information content (AvgIpc) is 2.56. The van der Waals surface area contributed by atoms with E-state index in [2.05, 4.69) is 0 Å². The van der Waals surface area contributed by atoms with Crippen molar-refractivity contribution in [3.05, 3.63) is 34.4 Å². The van der Waals surface area contributed by atoms with Gasteiger partial charge in [0, 0.05) is 22.8 Å². The lowest BCUT2D eigenvalue weighted by Crippen LogP contribution is -2.45. The molecule has 21 heavy (non-hydrogen) atoms. The predicted octanol–water partition coefficient (Wildman–Crippen LogP) is 0.203. The van der Waals surface area contributed by atoms with Crippen molar-refractivity contribution >= 4 is 29.2 Å². The number of rotatable bonds is 3. The second-order valence-electron chi connectivity index (χ2n) is 4.61. The Hall–Kier alpha value is -0.840. The molecule has 1 aromatic carbocycles. The maximum Gasteiger partial charge on any atom is 0.269 e. The van der Waals surface area contributed by atoms with E-state index in [1.807, 2.05) is 0 Å². The topological polar surface area (TPSA) is 124 Å². The van der Waals surface area contributed by atoms with Gasteiger partial charge in [0.2, 0.25) is 0 Å². The van der Waals surface area contributed by atoms with Gasteiger partial charge in [-0.05, 0) is 12.1 Å². The largest absolute Gasteiger partial charge is 0.389 e. The summed E-state index contributed by atoms with van der Waals surface area (Å²) in [5.41, 5.74) is -0.0284. The summed E-state index contributed by atoms with van der Waals surface area (Å²) in [6.45, 7) is 0. The quantitative estimate of drug-likeness (QED) is 0.457. The Morgan fingerprint density at radius 3 is 2.29 bits per heavy atom. The summed E-state index contributed by atoms with van der Waals surface area (Å²) in [5.74, 6) is 0.180. The highest BCUT2D eigenvalue weighted by atomic mass is 32.2. The molecule has 9 heteroatoms. The van der Waals surface area contributed by atoms with Gasteiger partial charge in [-0.1, -0.05) is 0 Å². The molecule has 0 radical (unpaired) electrons. The molecule has 116 valence electrons. The Kier molecular flexibility index (Phi) is 5.47. The van der Waals surface area contributed by atoms with Gasteiger partial charge in [0.1, 0.15) is 18.3 Å². The first-order valence-electron chi connectivity index (χ1n) is 6.15. The third kappa shape index (κ3) is 3.87. The van der Waals surface area contributed by atoms with Gasteiger partial charge >= 0.3 is 0 Å². The van der Waals surface area contributed by atoms with Crippen LogP contribution in [0.1, 0.15) is 0 Å². The van der Waals surface area contributed by atoms with Gasteiger partial charge in [0.15, 0.2) is 0 Å². The molecule has 1 aliphatic rings. The fourth-order valence-electron chi connectivity index (χ4n) is 1.87. The molecule has 0 saturated carbocycles. The summed E-state index contributed by atoms with van der Waals surface area (Å²) in [7, 11) is 0. The van der Waals surface area contributed by atoms with Gasteiger partial charge < -0.3 is 20.4 Å². The minimum absolute atomic E-state index is 0.0284. The molecule has 4 N–H and O–H groups in total. The van der Waals surface area contributed by atoms with Gasteiger partial charge in [-0.2, -0.15) is 0 Å². The van der Waals surface area contributed by atoms with Crippen molar-refractivity contribution in [1.82, 2.24) is 0 Å². The van der Waals surface area contributed by atoms with Crippen LogP contribution in [-0.2, 0) is 0 Å². The Morgan fingerprint density at radius 2 is 1.71 bits per heavy atom. The van der Waals surface area contributed by atoms with Gasteiger partial charge in [-0.3, -0.25) is 10.1 Å². The third-order valence-electron chi connectivity index (χ3n) is 3.10. The molecule has 1 aliphatic heterocycles. The second-order valence-corrected chi connectivity index (χ2v) is 7.30. The molecule has 0 unspecified atom stereocenters. The normalized spacial score (nSPS) is 33.4. The van der Waals surface area contributed by atoms with Crippen molar-refractivity contribution in [2.24, 2.45) is 0 Å². The van der Waals surface area contributed by atoms with Gasteiger partial charge in [-0.15, -0.1) is 23.5 Å². The van der Waals surface area contributed by atoms with Crippen LogP contribution in [0.25, 0.3) is 0 Å². The highest BCUT2D eigenvalue weighted by Gasteiger charge is 2.39. The summed E-state index contributed by atoms with van der Waals surface area (Å²) < 4.78 is -0.492. The van der Waals surface area contributed by atoms with Gasteiger partial charge in [-0.25, -0.2) is 0 Å². The van der Waals surface area contributed by atoms with Crippen molar-refractivity contribution in [3.63, 3.8) is 0 Å². The number of aliphatic hydroxyl groups is 4. The van der Waals surface area contributed by atoms with Crippen LogP contribution in [0.5, 0.6) is 0 Å². The van der Waals surface area contributed by atoms with Crippen LogP contribution in [0.2, 0.25) is 0 Å². The molecule has 2 rings (SSSR count). The summed E-state index contributed by atoms with van der Waals surface area (Å²) in [6.07, 6.45) is -5.16. The second kappa shape index (κ2) is 6.95. The number of hydrogen-bond acceptors (Lipinski definition) is 8. The van der Waals surface area contributed by atoms with Gasteiger partial charge in [0.25, 0.3) is 5.69 Å². The molecule has 1 fully saturated rings. The molecule has 0 spiro atoms. The summed E-state index contributed by atoms with van der Waals surface area (Å²) in [4.78, 5) is 10.8. The van der Waals surface area contributed by atoms with E-state index in [9.17, 15) is 30.5 Å². The standard InChI is InChI=1S/C12H15NO6S2/c14-8-5-20-12(11(17)10(16)9(8)15)21-7-3-1-6(2-4-7)13(18)19/h1-4,8-12,14-17H,5H2/t8-,9-,10+,11-,12-/m1/s1. The fraction of sp³-hybridized carbons (Fsp3) is 0.500. The predicted molar refractivity (Wildman–Crippen MR) is 79.2 cm³/mol. The molecule has 0 amide bonds. The van der Waals surface area contributed by atoms with Crippen LogP contribution in [0, 0.1) is 10.1 Å². The Morgan fingerprint density at radius 1 is 1.10 bits per heavy atom. The molecule has 1 heterocycles. The molecular weight excluding hydrogens is 318 g/mol. The van der Waals surface area contributed by atoms with Crippen molar-refractivity contribution in [3.8, 4) is 0 Å². The fourth-order valence-corrected chi connectivity index (χ4v) is 4.51. The van der Waals surface area contributed by atoms with Crippen molar-refractivity contribution in [2.45, 2.75) is 33.9 Å². The molecule has 5 atom stereocenters. The smallest absolute Gasteiger partial charge is 0.269 e. The Balaban J connectivity index is 2.09. The molecule has 0 aromatic heterocycles. The molecule has 7 nitrogen and oxygen atoms in total. The third-order valence-corrected chi connectivity index (χ3v) is 6.00. The van der Waals surface area contributed by atoms with Crippen LogP contribution in [0.3, 0.4) is 0 Å². The van der Waals surface area contributed by atoms with E-state index in [-0.39, 0.29) is 11.4 Å². The van der Waals surface area contributed by atoms with Crippen molar-refractivity contribution < 1.29 is 25.3 Å². The molecular formula is C12H15NO6S2. The number of thioether (sulfide) groups is 2. The number of benzene rings is 1. The van der Waals surface area contributed by atoms with Gasteiger partial charge in [0.05, 0.1) is 15.6 Å². The zero-order chi connectivity index (χ0) is 15.6. The maximum atomic E-state index is 10.6. The van der Waals surface area contributed by atoms with E-state index in [0.717, 1.165) is 0 Å². The number of aliphatic hydroxyl groups excluding tert-OH is 4.